The van der Waals surface area contributed by atoms with E-state index in [9.17, 15) is 13.2 Å². The summed E-state index contributed by atoms with van der Waals surface area (Å²) in [6.07, 6.45) is 8.78. The van der Waals surface area contributed by atoms with Gasteiger partial charge in [-0.1, -0.05) is 55.7 Å². The van der Waals surface area contributed by atoms with Crippen LogP contribution in [0.2, 0.25) is 0 Å². The molecule has 52 heavy (non-hydrogen) atoms. The summed E-state index contributed by atoms with van der Waals surface area (Å²) in [6.45, 7) is 3.20. The lowest BCUT2D eigenvalue weighted by atomic mass is 9.81. The molecule has 4 aliphatic heterocycles. The second-order valence-corrected chi connectivity index (χ2v) is 18.4. The standard InChI is InChI=1S/C42H46N4O5S/c1-51-31-13-17-33-35(20-31)36-21-42(36,41(48)46-29-19-30(46)24-44(23-29)22-26-8-4-2-5-9-26)25-45-37-18-28(40(47)43-52(49,50)32-14-15-32)12-16-34(37)38(39(33)45)27-10-6-3-7-11-27/h2,4-5,8-9,12-13,16-18,20,27,29-30,32,36H,3,6-7,10-11,14-15,19,21-25H2,1H3,(H,43,47)/t29-,30?,36?,42?/m0/s1. The van der Waals surface area contributed by atoms with E-state index >= 15 is 4.79 Å². The molecule has 1 aromatic heterocycles. The number of carbonyl (C=O) groups excluding carboxylic acids is 2. The fourth-order valence-electron chi connectivity index (χ4n) is 10.3. The molecule has 7 aliphatic rings. The van der Waals surface area contributed by atoms with Gasteiger partial charge in [0.2, 0.25) is 15.9 Å². The number of benzene rings is 3. The van der Waals surface area contributed by atoms with Crippen LogP contribution in [-0.2, 0) is 27.9 Å². The molecule has 10 heteroatoms. The van der Waals surface area contributed by atoms with E-state index in [1.54, 1.807) is 13.2 Å². The van der Waals surface area contributed by atoms with Crippen LogP contribution in [0.25, 0.3) is 22.2 Å². The van der Waals surface area contributed by atoms with Crippen molar-refractivity contribution in [3.63, 3.8) is 0 Å². The van der Waals surface area contributed by atoms with E-state index in [4.69, 9.17) is 4.74 Å². The number of ether oxygens (including phenoxy) is 1. The van der Waals surface area contributed by atoms with Crippen LogP contribution in [-0.4, -0.2) is 72.1 Å². The predicted octanol–water partition coefficient (Wildman–Crippen LogP) is 6.56. The van der Waals surface area contributed by atoms with Gasteiger partial charge in [-0.2, -0.15) is 0 Å². The number of hydrogen-bond acceptors (Lipinski definition) is 6. The Morgan fingerprint density at radius 2 is 1.69 bits per heavy atom. The number of methoxy groups -OCH3 is 1. The number of aromatic nitrogens is 1. The monoisotopic (exact) mass is 718 g/mol. The number of piperidine rings is 1. The summed E-state index contributed by atoms with van der Waals surface area (Å²) in [4.78, 5) is 33.4. The van der Waals surface area contributed by atoms with Crippen molar-refractivity contribution in [2.75, 3.05) is 20.2 Å². The highest BCUT2D eigenvalue weighted by Gasteiger charge is 2.66. The zero-order valence-electron chi connectivity index (χ0n) is 29.7. The first-order chi connectivity index (χ1) is 25.2. The average Bonchev–Trinajstić information content (AvgIpc) is 4.09. The van der Waals surface area contributed by atoms with Crippen molar-refractivity contribution in [2.45, 2.75) is 100 Å². The summed E-state index contributed by atoms with van der Waals surface area (Å²) in [7, 11) is -2.00. The summed E-state index contributed by atoms with van der Waals surface area (Å²) in [6, 6.07) is 23.1. The molecule has 3 aromatic carbocycles. The van der Waals surface area contributed by atoms with E-state index < -0.39 is 26.6 Å². The van der Waals surface area contributed by atoms with Crippen molar-refractivity contribution in [1.29, 1.82) is 0 Å². The number of piperazine rings is 1. The van der Waals surface area contributed by atoms with E-state index in [2.05, 4.69) is 61.6 Å². The fourth-order valence-corrected chi connectivity index (χ4v) is 11.6. The van der Waals surface area contributed by atoms with Gasteiger partial charge in [-0.15, -0.1) is 0 Å². The highest BCUT2D eigenvalue weighted by molar-refractivity contribution is 7.91. The molecule has 2 amide bonds. The van der Waals surface area contributed by atoms with Crippen LogP contribution >= 0.6 is 0 Å². The molecule has 2 bridgehead atoms. The van der Waals surface area contributed by atoms with Crippen LogP contribution in [0.4, 0.5) is 0 Å². The number of rotatable bonds is 8. The molecule has 0 radical (unpaired) electrons. The van der Waals surface area contributed by atoms with E-state index in [-0.39, 0.29) is 23.9 Å². The Hall–Kier alpha value is -4.15. The van der Waals surface area contributed by atoms with Gasteiger partial charge >= 0.3 is 0 Å². The van der Waals surface area contributed by atoms with Crippen molar-refractivity contribution in [3.8, 4) is 17.0 Å². The third kappa shape index (κ3) is 5.15. The highest BCUT2D eigenvalue weighted by Crippen LogP contribution is 2.67. The maximum absolute atomic E-state index is 15.1. The number of sulfonamides is 1. The maximum Gasteiger partial charge on any atom is 0.264 e. The predicted molar refractivity (Wildman–Crippen MR) is 200 cm³/mol. The minimum absolute atomic E-state index is 0.0659. The Kier molecular flexibility index (Phi) is 7.46. The van der Waals surface area contributed by atoms with Gasteiger partial charge in [0, 0.05) is 66.2 Å². The van der Waals surface area contributed by atoms with Crippen molar-refractivity contribution >= 4 is 32.7 Å². The molecule has 9 nitrogen and oxygen atoms in total. The molecular weight excluding hydrogens is 673 g/mol. The molecule has 4 aromatic rings. The zero-order valence-corrected chi connectivity index (χ0v) is 30.5. The van der Waals surface area contributed by atoms with Crippen LogP contribution in [0.3, 0.4) is 0 Å². The second-order valence-electron chi connectivity index (χ2n) is 16.4. The SMILES string of the molecule is COc1ccc2c(c1)C1CC1(C(=O)N1C3C[C@H]1CN(Cc1ccccc1)C3)Cn1c-2c(C2CCCCC2)c2ccc(C(=O)NS(=O)(=O)C3CC3)cc21. The molecule has 3 saturated carbocycles. The first-order valence-electron chi connectivity index (χ1n) is 19.2. The Bertz CT molecular complexity index is 2210. The number of fused-ring (bicyclic) bond motifs is 9. The van der Waals surface area contributed by atoms with E-state index in [0.29, 0.717) is 30.9 Å². The lowest BCUT2D eigenvalue weighted by Gasteiger charge is -2.57. The van der Waals surface area contributed by atoms with Gasteiger partial charge in [0.05, 0.1) is 23.5 Å². The van der Waals surface area contributed by atoms with Gasteiger partial charge in [0.25, 0.3) is 5.91 Å². The molecule has 270 valence electrons. The van der Waals surface area contributed by atoms with Crippen molar-refractivity contribution in [3.05, 3.63) is 89.0 Å². The molecule has 11 rings (SSSR count). The van der Waals surface area contributed by atoms with E-state index in [1.165, 1.54) is 36.0 Å². The van der Waals surface area contributed by atoms with Gasteiger partial charge < -0.3 is 14.2 Å². The van der Waals surface area contributed by atoms with Gasteiger partial charge in [-0.25, -0.2) is 13.1 Å². The Labute approximate surface area is 305 Å². The highest BCUT2D eigenvalue weighted by atomic mass is 32.2. The van der Waals surface area contributed by atoms with Crippen molar-refractivity contribution in [2.24, 2.45) is 5.41 Å². The quantitative estimate of drug-likeness (QED) is 0.222. The molecule has 5 heterocycles. The van der Waals surface area contributed by atoms with Crippen LogP contribution in [0, 0.1) is 5.41 Å². The average molecular weight is 719 g/mol. The molecule has 3 unspecified atom stereocenters. The number of nitrogens with zero attached hydrogens (tertiary/aromatic N) is 3. The van der Waals surface area contributed by atoms with Crippen LogP contribution in [0.15, 0.2) is 66.7 Å². The third-order valence-corrected chi connectivity index (χ3v) is 15.0. The minimum Gasteiger partial charge on any atom is -0.497 e. The Morgan fingerprint density at radius 1 is 0.923 bits per heavy atom. The normalized spacial score (nSPS) is 26.8. The van der Waals surface area contributed by atoms with Crippen LogP contribution in [0.5, 0.6) is 5.75 Å². The Balaban J connectivity index is 1.07. The summed E-state index contributed by atoms with van der Waals surface area (Å²) in [5, 5.41) is 0.615. The second kappa shape index (κ2) is 11.9. The van der Waals surface area contributed by atoms with Crippen molar-refractivity contribution in [1.82, 2.24) is 19.1 Å². The van der Waals surface area contributed by atoms with Gasteiger partial charge in [-0.05, 0) is 91.5 Å². The van der Waals surface area contributed by atoms with Gasteiger partial charge in [-0.3, -0.25) is 14.5 Å². The minimum atomic E-state index is -3.70. The van der Waals surface area contributed by atoms with Crippen LogP contribution < -0.4 is 9.46 Å². The summed E-state index contributed by atoms with van der Waals surface area (Å²) >= 11 is 0. The number of hydrogen-bond donors (Lipinski definition) is 1. The van der Waals surface area contributed by atoms with Gasteiger partial charge in [0.1, 0.15) is 5.75 Å². The lowest BCUT2D eigenvalue weighted by Crippen LogP contribution is -2.71. The summed E-state index contributed by atoms with van der Waals surface area (Å²) in [5.74, 6) is 0.889. The fraction of sp³-hybridized carbons (Fsp3) is 0.476. The third-order valence-electron chi connectivity index (χ3n) is 13.2. The molecule has 3 aliphatic carbocycles. The zero-order chi connectivity index (χ0) is 35.4. The lowest BCUT2D eigenvalue weighted by molar-refractivity contribution is -0.161. The topological polar surface area (TPSA) is 101 Å². The van der Waals surface area contributed by atoms with Crippen LogP contribution in [0.1, 0.15) is 96.7 Å². The maximum atomic E-state index is 15.1. The molecule has 6 fully saturated rings. The Morgan fingerprint density at radius 3 is 2.42 bits per heavy atom. The number of nitrogens with one attached hydrogen (secondary N) is 1. The summed E-state index contributed by atoms with van der Waals surface area (Å²) in [5.41, 5.74) is 6.72. The first-order valence-corrected chi connectivity index (χ1v) is 20.8. The van der Waals surface area contributed by atoms with E-state index in [1.807, 2.05) is 18.2 Å². The molecule has 1 N–H and O–H groups in total. The number of amides is 2. The van der Waals surface area contributed by atoms with E-state index in [0.717, 1.165) is 73.2 Å². The molecular formula is C42H46N4O5S. The summed E-state index contributed by atoms with van der Waals surface area (Å²) < 4.78 is 36.0. The first kappa shape index (κ1) is 32.5. The number of carbonyl (C=O) groups is 2. The molecule has 3 saturated heterocycles. The smallest absolute Gasteiger partial charge is 0.264 e. The largest absolute Gasteiger partial charge is 0.497 e. The molecule has 0 spiro atoms. The van der Waals surface area contributed by atoms with Crippen molar-refractivity contribution < 1.29 is 22.7 Å². The van der Waals surface area contributed by atoms with Gasteiger partial charge in [0.15, 0.2) is 0 Å². The molecule has 4 atom stereocenters.